The van der Waals surface area contributed by atoms with Gasteiger partial charge in [-0.05, 0) is 31.2 Å². The number of fused-ring (bicyclic) bond motifs is 1. The van der Waals surface area contributed by atoms with Crippen molar-refractivity contribution in [3.8, 4) is 0 Å². The number of carbonyl (C=O) groups is 1. The molecule has 0 amide bonds. The largest absolute Gasteiger partial charge is 0.462 e. The number of esters is 1. The van der Waals surface area contributed by atoms with E-state index in [4.69, 9.17) is 84.7 Å². The first-order valence-corrected chi connectivity index (χ1v) is 40.2. The lowest BCUT2D eigenvalue weighted by Gasteiger charge is -2.50. The number of rotatable bonds is 17. The van der Waals surface area contributed by atoms with Gasteiger partial charge in [0.05, 0.1) is 56.0 Å². The predicted molar refractivity (Wildman–Crippen MR) is 376 cm³/mol. The Bertz CT molecular complexity index is 3990. The maximum Gasteiger partial charge on any atom is 0.321 e. The van der Waals surface area contributed by atoms with Gasteiger partial charge < -0.3 is 198 Å². The van der Waals surface area contributed by atoms with Crippen molar-refractivity contribution in [2.45, 2.75) is 262 Å². The van der Waals surface area contributed by atoms with E-state index in [9.17, 15) is 134 Å². The number of aliphatic hydroxyl groups is 22. The summed E-state index contributed by atoms with van der Waals surface area (Å²) in [6.45, 7) is -8.88. The number of aryl methyl sites for hydroxylation is 1. The second-order valence-electron chi connectivity index (χ2n) is 29.7. The van der Waals surface area contributed by atoms with Crippen molar-refractivity contribution in [1.29, 1.82) is 0 Å². The lowest BCUT2D eigenvalue weighted by Crippen LogP contribution is -2.69. The Hall–Kier alpha value is -4.51. The molecule has 3 aromatic rings. The fraction of sp³-hybridized carbons (Fsp3) is 0.754. The Labute approximate surface area is 670 Å². The molecule has 30 aliphatic heterocycles. The smallest absolute Gasteiger partial charge is 0.321 e. The van der Waals surface area contributed by atoms with Crippen molar-refractivity contribution in [3.05, 3.63) is 66.2 Å². The Morgan fingerprint density at radius 3 is 0.898 bits per heavy atom. The van der Waals surface area contributed by atoms with Gasteiger partial charge in [0.2, 0.25) is 10.0 Å². The molecule has 0 radical (unpaired) electrons. The molecule has 47 nitrogen and oxygen atoms in total. The highest BCUT2D eigenvalue weighted by Gasteiger charge is 2.61. The van der Waals surface area contributed by atoms with E-state index in [0.717, 1.165) is 12.1 Å². The van der Waals surface area contributed by atoms with Crippen molar-refractivity contribution in [3.63, 3.8) is 0 Å². The van der Waals surface area contributed by atoms with Gasteiger partial charge in [-0.25, -0.2) is 8.42 Å². The summed E-state index contributed by atoms with van der Waals surface area (Å²) in [5.41, 5.74) is 1.26. The van der Waals surface area contributed by atoms with Crippen molar-refractivity contribution in [1.82, 2.24) is 4.72 Å². The first-order chi connectivity index (χ1) is 56.0. The predicted octanol–water partition coefficient (Wildman–Crippen LogP) is -13.9. The lowest BCUT2D eigenvalue weighted by molar-refractivity contribution is -0.404. The van der Waals surface area contributed by atoms with E-state index < -0.39 is 336 Å². The third kappa shape index (κ3) is 19.2. The Morgan fingerprint density at radius 2 is 0.610 bits per heavy atom. The van der Waals surface area contributed by atoms with E-state index in [1.54, 1.807) is 44.1 Å². The van der Waals surface area contributed by atoms with Crippen LogP contribution in [0.5, 0.6) is 0 Å². The van der Waals surface area contributed by atoms with Crippen LogP contribution in [0.1, 0.15) is 5.56 Å². The van der Waals surface area contributed by atoms with Crippen LogP contribution in [0.25, 0.3) is 10.8 Å². The highest BCUT2D eigenvalue weighted by molar-refractivity contribution is 7.89. The standard InChI is InChI=1S/C69H100N2O45S2/c1-23-10-12-24(13-11-23)118(97,98)100-22-35-61-45(86)53(94)69(108-35)114-59-33(20-77)104-65(49(90)41(59)82)110-55-29(16-73)101-62(46(87)38(55)79)109-54-28(15-72)102-63(47(88)39(54)80)111-56-30(17-74)105-66(50(91)42(56)83)115-60-34(21-99-37(78)14-70-117(95,96)36-9-5-6-25-26(36)7-4-8-27(25)71(2)3)107-68(52(93)44(60)85)113-58-32(19-76)103-64(48(89)40(58)81)112-57-31(18-75)106-67(116-61)51(92)43(57)84/h4-13,28-35,38-70,72-77,79-94H,14-22H2,1-3H3/t28-,29-,30-,31-,32-,33+,34-,35+,38-,39-,40-,41-,42-,43-,44+,45-,46-,47+,48-,49-,50-,51-,52-,53-,54-,55-,56-,57-,58-,59-,60-,61-,62-,63-,64-,65-,66-,67-,68-,69-/m1/s1. The zero-order valence-electron chi connectivity index (χ0n) is 62.7. The van der Waals surface area contributed by atoms with Gasteiger partial charge in [-0.15, -0.1) is 0 Å². The summed E-state index contributed by atoms with van der Waals surface area (Å²) < 4.78 is 162. The number of nitrogens with zero attached hydrogens (tertiary/aromatic N) is 1. The van der Waals surface area contributed by atoms with Gasteiger partial charge in [-0.1, -0.05) is 42.0 Å². The van der Waals surface area contributed by atoms with Crippen LogP contribution in [0.2, 0.25) is 0 Å². The summed E-state index contributed by atoms with van der Waals surface area (Å²) in [4.78, 5) is 14.8. The van der Waals surface area contributed by atoms with E-state index >= 15 is 0 Å². The minimum Gasteiger partial charge on any atom is -0.462 e. The minimum absolute atomic E-state index is 0.255. The number of aliphatic hydroxyl groups excluding tert-OH is 22. The molecule has 30 aliphatic rings. The topological polar surface area (TPSA) is 712 Å². The summed E-state index contributed by atoms with van der Waals surface area (Å²) in [6.07, 6.45) is -88.4. The van der Waals surface area contributed by atoms with Crippen LogP contribution in [0.15, 0.2) is 70.5 Å². The highest BCUT2D eigenvalue weighted by atomic mass is 32.2. The van der Waals surface area contributed by atoms with Gasteiger partial charge in [0.15, 0.2) is 50.3 Å². The van der Waals surface area contributed by atoms with Crippen molar-refractivity contribution in [2.75, 3.05) is 78.4 Å². The molecule has 3 aromatic carbocycles. The van der Waals surface area contributed by atoms with Crippen LogP contribution >= 0.6 is 0 Å². The number of sulfonamides is 1. The molecule has 668 valence electrons. The van der Waals surface area contributed by atoms with Crippen LogP contribution in [0.3, 0.4) is 0 Å². The number of nitrogens with one attached hydrogen (secondary N) is 1. The van der Waals surface area contributed by atoms with Crippen LogP contribution < -0.4 is 9.62 Å². The Morgan fingerprint density at radius 1 is 0.347 bits per heavy atom. The van der Waals surface area contributed by atoms with E-state index in [1.165, 1.54) is 30.3 Å². The second-order valence-corrected chi connectivity index (χ2v) is 33.0. The van der Waals surface area contributed by atoms with Crippen LogP contribution in [0.4, 0.5) is 5.69 Å². The Balaban J connectivity index is 0.834. The SMILES string of the molecule is Cc1ccc(S(=O)(=O)OC[C@@H]2O[C@@H]3O[C@H]4[C@H](O)[C@@H](O)[C@@H](O[C@H]5[C@H](O)[C@@H](O)[C@@H](O[C@H]6[C@H](O)[C@H](O)[C@@H](O[C@H]7[C@H](O)[C@@H](O)[C@@H](O[C@H]8[C@@H](O)[C@@H](O)[C@@H](O[C@H]9[C@H](O)[C@@H](O)[C@@H](O[C@H]%10[C@H](O)[C@@H](O)[C@@H](O[C@H]2[C@H](O)[C@H]3O)O[C@@H]%10CO)O[C@@H]9CO)O[C@@H]8COC(=O)CNS(=O)(=O)c2cccc3c(N(C)C)cccc23)O[C@@H]7CO)O[C@@H]6CO)O[C@@H]5CO)O[C@H]4CO)cc1. The molecule has 0 saturated carbocycles. The Kier molecular flexibility index (Phi) is 30.6. The number of carbonyl (C=O) groups excluding carboxylic acids is 1. The van der Waals surface area contributed by atoms with Crippen LogP contribution in [-0.4, -0.2) is 454 Å². The normalized spacial score (nSPS) is 44.5. The quantitative estimate of drug-likeness (QED) is 0.0441. The molecule has 33 rings (SSSR count). The van der Waals surface area contributed by atoms with Crippen LogP contribution in [-0.2, 0) is 110 Å². The third-order valence-corrected chi connectivity index (χ3v) is 24.4. The zero-order chi connectivity index (χ0) is 85.6. The molecular weight excluding hydrogens is 1640 g/mol. The molecule has 0 unspecified atom stereocenters. The molecule has 40 atom stereocenters. The molecule has 30 heterocycles. The van der Waals surface area contributed by atoms with Gasteiger partial charge in [0.1, 0.15) is 208 Å². The van der Waals surface area contributed by atoms with E-state index in [-0.39, 0.29) is 10.3 Å². The molecular formula is C69H100N2O45S2. The van der Waals surface area contributed by atoms with Crippen molar-refractivity contribution < 1.29 is 219 Å². The minimum atomic E-state index is -4.80. The average Bonchev–Trinajstić information content (AvgIpc) is 0.767. The molecule has 30 saturated heterocycles. The van der Waals surface area contributed by atoms with E-state index in [2.05, 4.69) is 4.72 Å². The molecule has 0 aromatic heterocycles. The van der Waals surface area contributed by atoms with Gasteiger partial charge in [0, 0.05) is 30.6 Å². The average molecular weight is 1740 g/mol. The maximum atomic E-state index is 13.9. The third-order valence-electron chi connectivity index (χ3n) is 21.7. The van der Waals surface area contributed by atoms with Gasteiger partial charge >= 0.3 is 5.97 Å². The van der Waals surface area contributed by atoms with Crippen molar-refractivity contribution in [2.24, 2.45) is 0 Å². The molecule has 118 heavy (non-hydrogen) atoms. The first kappa shape index (κ1) is 92.7. The molecule has 0 spiro atoms. The fourth-order valence-corrected chi connectivity index (χ4v) is 17.3. The van der Waals surface area contributed by atoms with Gasteiger partial charge in [-0.2, -0.15) is 13.1 Å². The summed E-state index contributed by atoms with van der Waals surface area (Å²) in [7, 11) is -5.90. The van der Waals surface area contributed by atoms with E-state index in [1.807, 2.05) is 0 Å². The number of benzene rings is 3. The fourth-order valence-electron chi connectivity index (χ4n) is 15.2. The van der Waals surface area contributed by atoms with Crippen LogP contribution in [0, 0.1) is 6.92 Å². The van der Waals surface area contributed by atoms with Crippen molar-refractivity contribution >= 4 is 42.6 Å². The molecule has 49 heteroatoms. The van der Waals surface area contributed by atoms with Gasteiger partial charge in [-0.3, -0.25) is 8.98 Å². The molecule has 0 aliphatic carbocycles. The molecule has 30 fully saturated rings. The maximum absolute atomic E-state index is 13.9. The van der Waals surface area contributed by atoms with Gasteiger partial charge in [0.25, 0.3) is 10.1 Å². The number of anilines is 1. The van der Waals surface area contributed by atoms with E-state index in [0.29, 0.717) is 16.6 Å². The summed E-state index contributed by atoms with van der Waals surface area (Å²) in [6, 6.07) is 14.4. The zero-order valence-corrected chi connectivity index (χ0v) is 64.4. The number of ether oxygens (including phenoxy) is 17. The highest BCUT2D eigenvalue weighted by Crippen LogP contribution is 2.41. The second kappa shape index (κ2) is 38.9. The summed E-state index contributed by atoms with van der Waals surface area (Å²) >= 11 is 0. The molecule has 23 N–H and O–H groups in total. The molecule has 16 bridgehead atoms. The monoisotopic (exact) mass is 1740 g/mol. The summed E-state index contributed by atoms with van der Waals surface area (Å²) in [5.74, 6) is -1.35. The summed E-state index contributed by atoms with van der Waals surface area (Å²) in [5, 5.41) is 253. The lowest BCUT2D eigenvalue weighted by atomic mass is 9.94. The first-order valence-electron chi connectivity index (χ1n) is 37.3. The number of hydrogen-bond acceptors (Lipinski definition) is 46. The number of hydrogen-bond donors (Lipinski definition) is 23.